The molecule has 0 aliphatic carbocycles. The highest BCUT2D eigenvalue weighted by Gasteiger charge is 2.23. The summed E-state index contributed by atoms with van der Waals surface area (Å²) in [6.45, 7) is 2.26. The monoisotopic (exact) mass is 551 g/mol. The number of rotatable bonds is 5. The zero-order valence-electron chi connectivity index (χ0n) is 21.5. The largest absolute Gasteiger partial charge is 0.465 e. The molecule has 0 atom stereocenters. The summed E-state index contributed by atoms with van der Waals surface area (Å²) in [6, 6.07) is 17.4. The third-order valence-electron chi connectivity index (χ3n) is 6.01. The van der Waals surface area contributed by atoms with Crippen LogP contribution in [0.2, 0.25) is 5.02 Å². The van der Waals surface area contributed by atoms with Crippen LogP contribution in [-0.2, 0) is 4.74 Å². The number of ether oxygens (including phenoxy) is 1. The molecule has 40 heavy (non-hydrogen) atoms. The molecular weight excluding hydrogens is 530 g/mol. The Kier molecular flexibility index (Phi) is 7.39. The first kappa shape index (κ1) is 26.3. The number of para-hydroxylation sites is 1. The fourth-order valence-corrected chi connectivity index (χ4v) is 4.35. The fourth-order valence-electron chi connectivity index (χ4n) is 4.10. The number of anilines is 3. The average Bonchev–Trinajstić information content (AvgIpc) is 2.97. The maximum Gasteiger partial charge on any atom is 0.339 e. The number of aromatic nitrogens is 5. The number of methoxy groups -OCH3 is 1. The quantitative estimate of drug-likeness (QED) is 0.253. The van der Waals surface area contributed by atoms with Crippen LogP contribution in [0.4, 0.5) is 17.6 Å². The van der Waals surface area contributed by atoms with Crippen molar-refractivity contribution in [2.75, 3.05) is 24.3 Å². The Bertz CT molecular complexity index is 1850. The molecule has 5 rings (SSSR count). The lowest BCUT2D eigenvalue weighted by atomic mass is 10.2. The maximum atomic E-state index is 13.9. The van der Waals surface area contributed by atoms with E-state index >= 15 is 0 Å². The summed E-state index contributed by atoms with van der Waals surface area (Å²) in [6.07, 6.45) is 2.70. The van der Waals surface area contributed by atoms with E-state index in [4.69, 9.17) is 27.1 Å². The van der Waals surface area contributed by atoms with Gasteiger partial charge in [0.15, 0.2) is 5.82 Å². The zero-order chi connectivity index (χ0) is 28.2. The SMILES string of the molecule is CCN(c1ncnc(N)c1C#Cc1ccc(C(=O)OC)cn1)c1nc2cccc(Cl)c2c(=O)n1-c1ccccc1. The van der Waals surface area contributed by atoms with Gasteiger partial charge in [-0.25, -0.2) is 29.3 Å². The van der Waals surface area contributed by atoms with Gasteiger partial charge < -0.3 is 10.5 Å². The molecule has 0 saturated carbocycles. The second-order valence-corrected chi connectivity index (χ2v) is 8.80. The standard InChI is InChI=1S/C29H22ClN7O3/c1-3-36(26-21(25(31)33-17-34-26)15-14-19-13-12-18(16-32-19)28(39)40-2)29-35-23-11-7-10-22(30)24(23)27(38)37(29)20-8-5-4-6-9-20/h4-13,16-17H,3H2,1-2H3,(H2,31,33,34). The van der Waals surface area contributed by atoms with Crippen LogP contribution in [0.25, 0.3) is 16.6 Å². The van der Waals surface area contributed by atoms with Crippen molar-refractivity contribution in [1.82, 2.24) is 24.5 Å². The molecule has 0 unspecified atom stereocenters. The number of fused-ring (bicyclic) bond motifs is 1. The smallest absolute Gasteiger partial charge is 0.339 e. The molecule has 2 aromatic carbocycles. The molecule has 0 aliphatic heterocycles. The molecule has 0 saturated heterocycles. The Hall–Kier alpha value is -5.27. The van der Waals surface area contributed by atoms with Crippen LogP contribution >= 0.6 is 11.6 Å². The number of nitrogens with zero attached hydrogens (tertiary/aromatic N) is 6. The third kappa shape index (κ3) is 4.93. The topological polar surface area (TPSA) is 129 Å². The Balaban J connectivity index is 1.69. The normalized spacial score (nSPS) is 10.6. The van der Waals surface area contributed by atoms with Gasteiger partial charge in [0, 0.05) is 12.7 Å². The van der Waals surface area contributed by atoms with Gasteiger partial charge >= 0.3 is 5.97 Å². The highest BCUT2D eigenvalue weighted by atomic mass is 35.5. The van der Waals surface area contributed by atoms with E-state index in [0.717, 1.165) is 0 Å². The summed E-state index contributed by atoms with van der Waals surface area (Å²) in [5.74, 6) is 6.25. The van der Waals surface area contributed by atoms with Crippen LogP contribution in [-0.4, -0.2) is 44.1 Å². The molecule has 10 nitrogen and oxygen atoms in total. The third-order valence-corrected chi connectivity index (χ3v) is 6.33. The van der Waals surface area contributed by atoms with Gasteiger partial charge in [0.25, 0.3) is 5.56 Å². The van der Waals surface area contributed by atoms with E-state index in [9.17, 15) is 9.59 Å². The molecule has 3 aromatic heterocycles. The number of halogens is 1. The highest BCUT2D eigenvalue weighted by Crippen LogP contribution is 2.30. The molecule has 0 aliphatic rings. The van der Waals surface area contributed by atoms with Crippen molar-refractivity contribution in [2.45, 2.75) is 6.92 Å². The van der Waals surface area contributed by atoms with Crippen molar-refractivity contribution >= 4 is 46.1 Å². The Morgan fingerprint density at radius 2 is 1.85 bits per heavy atom. The molecule has 0 fully saturated rings. The van der Waals surface area contributed by atoms with Gasteiger partial charge in [-0.1, -0.05) is 41.8 Å². The minimum atomic E-state index is -0.498. The zero-order valence-corrected chi connectivity index (χ0v) is 22.3. The number of carbonyl (C=O) groups excluding carboxylic acids is 1. The van der Waals surface area contributed by atoms with E-state index in [0.29, 0.717) is 56.7 Å². The number of esters is 1. The Morgan fingerprint density at radius 1 is 1.05 bits per heavy atom. The van der Waals surface area contributed by atoms with Crippen molar-refractivity contribution < 1.29 is 9.53 Å². The number of benzene rings is 2. The van der Waals surface area contributed by atoms with Crippen LogP contribution < -0.4 is 16.2 Å². The van der Waals surface area contributed by atoms with E-state index in [1.807, 2.05) is 37.3 Å². The van der Waals surface area contributed by atoms with Gasteiger partial charge in [0.1, 0.15) is 23.4 Å². The molecule has 2 N–H and O–H groups in total. The predicted molar refractivity (Wildman–Crippen MR) is 153 cm³/mol. The molecule has 0 amide bonds. The molecule has 0 bridgehead atoms. The van der Waals surface area contributed by atoms with Gasteiger partial charge in [-0.05, 0) is 49.2 Å². The molecule has 11 heteroatoms. The van der Waals surface area contributed by atoms with Crippen LogP contribution in [0.3, 0.4) is 0 Å². The van der Waals surface area contributed by atoms with Crippen LogP contribution in [0, 0.1) is 11.8 Å². The summed E-state index contributed by atoms with van der Waals surface area (Å²) in [7, 11) is 1.30. The summed E-state index contributed by atoms with van der Waals surface area (Å²) in [5.41, 5.74) is 7.97. The average molecular weight is 552 g/mol. The van der Waals surface area contributed by atoms with Gasteiger partial charge in [0.2, 0.25) is 5.95 Å². The van der Waals surface area contributed by atoms with E-state index in [1.54, 1.807) is 35.2 Å². The molecular formula is C29H22ClN7O3. The van der Waals surface area contributed by atoms with Crippen molar-refractivity contribution in [1.29, 1.82) is 0 Å². The van der Waals surface area contributed by atoms with Crippen LogP contribution in [0.15, 0.2) is 78.0 Å². The van der Waals surface area contributed by atoms with Crippen molar-refractivity contribution in [3.05, 3.63) is 105 Å². The van der Waals surface area contributed by atoms with Crippen molar-refractivity contribution in [3.8, 4) is 17.5 Å². The first-order valence-electron chi connectivity index (χ1n) is 12.1. The van der Waals surface area contributed by atoms with Gasteiger partial charge in [-0.15, -0.1) is 0 Å². The fraction of sp³-hybridized carbons (Fsp3) is 0.103. The second kappa shape index (κ2) is 11.2. The summed E-state index contributed by atoms with van der Waals surface area (Å²) >= 11 is 6.43. The lowest BCUT2D eigenvalue weighted by molar-refractivity contribution is 0.0600. The number of hydrogen-bond donors (Lipinski definition) is 1. The Morgan fingerprint density at radius 3 is 2.55 bits per heavy atom. The summed E-state index contributed by atoms with van der Waals surface area (Å²) in [4.78, 5) is 45.0. The molecule has 3 heterocycles. The maximum absolute atomic E-state index is 13.9. The number of pyridine rings is 1. The van der Waals surface area contributed by atoms with Gasteiger partial charge in [-0.2, -0.15) is 0 Å². The van der Waals surface area contributed by atoms with Crippen molar-refractivity contribution in [2.24, 2.45) is 0 Å². The molecule has 198 valence electrons. The molecule has 5 aromatic rings. The Labute approximate surface area is 234 Å². The van der Waals surface area contributed by atoms with Crippen molar-refractivity contribution in [3.63, 3.8) is 0 Å². The highest BCUT2D eigenvalue weighted by molar-refractivity contribution is 6.35. The van der Waals surface area contributed by atoms with E-state index in [1.165, 1.54) is 24.2 Å². The van der Waals surface area contributed by atoms with E-state index in [-0.39, 0.29) is 11.4 Å². The second-order valence-electron chi connectivity index (χ2n) is 8.40. The van der Waals surface area contributed by atoms with Gasteiger partial charge in [0.05, 0.1) is 34.3 Å². The lowest BCUT2D eigenvalue weighted by Gasteiger charge is -2.26. The number of nitrogens with two attached hydrogens (primary N) is 1. The first-order valence-corrected chi connectivity index (χ1v) is 12.5. The van der Waals surface area contributed by atoms with E-state index in [2.05, 4.69) is 26.8 Å². The van der Waals surface area contributed by atoms with Gasteiger partial charge in [-0.3, -0.25) is 9.69 Å². The first-order chi connectivity index (χ1) is 19.4. The lowest BCUT2D eigenvalue weighted by Crippen LogP contribution is -2.30. The molecule has 0 spiro atoms. The summed E-state index contributed by atoms with van der Waals surface area (Å²) in [5, 5.41) is 0.606. The number of nitrogen functional groups attached to an aromatic ring is 1. The minimum Gasteiger partial charge on any atom is -0.465 e. The van der Waals surface area contributed by atoms with E-state index < -0.39 is 5.97 Å². The number of hydrogen-bond acceptors (Lipinski definition) is 9. The predicted octanol–water partition coefficient (Wildman–Crippen LogP) is 4.15. The summed E-state index contributed by atoms with van der Waals surface area (Å²) < 4.78 is 6.20. The molecule has 0 radical (unpaired) electrons. The minimum absolute atomic E-state index is 0.138. The van der Waals surface area contributed by atoms with Crippen LogP contribution in [0.5, 0.6) is 0 Å². The number of carbonyl (C=O) groups is 1. The van der Waals surface area contributed by atoms with Crippen LogP contribution in [0.1, 0.15) is 28.5 Å².